The highest BCUT2D eigenvalue weighted by Gasteiger charge is 2.31. The fourth-order valence-electron chi connectivity index (χ4n) is 3.49. The Morgan fingerprint density at radius 1 is 0.838 bits per heavy atom. The molecule has 0 saturated carbocycles. The summed E-state index contributed by atoms with van der Waals surface area (Å²) in [5.41, 5.74) is 6.46. The second kappa shape index (κ2) is 12.4. The number of ether oxygens (including phenoxy) is 1. The third kappa shape index (κ3) is 8.87. The second-order valence-electron chi connectivity index (χ2n) is 8.04. The maximum atomic E-state index is 12.6. The van der Waals surface area contributed by atoms with Crippen LogP contribution in [0.3, 0.4) is 0 Å². The molecule has 0 saturated heterocycles. The minimum absolute atomic E-state index is 0.172. The maximum Gasteiger partial charge on any atom is 0.573 e. The second-order valence-corrected chi connectivity index (χ2v) is 8.04. The molecule has 0 atom stereocenters. The molecule has 0 aliphatic rings. The van der Waals surface area contributed by atoms with Crippen molar-refractivity contribution in [1.29, 1.82) is 0 Å². The molecule has 0 bridgehead atoms. The number of aryl methyl sites for hydroxylation is 1. The number of carboxylic acids is 2. The average Bonchev–Trinajstić information content (AvgIpc) is 2.85. The van der Waals surface area contributed by atoms with Gasteiger partial charge in [0.1, 0.15) is 5.75 Å². The van der Waals surface area contributed by atoms with Crippen molar-refractivity contribution < 1.29 is 37.7 Å². The molecule has 0 heterocycles. The van der Waals surface area contributed by atoms with Crippen LogP contribution in [0.25, 0.3) is 6.08 Å². The van der Waals surface area contributed by atoms with Gasteiger partial charge in [-0.3, -0.25) is 0 Å². The van der Waals surface area contributed by atoms with E-state index in [4.69, 9.17) is 10.2 Å². The van der Waals surface area contributed by atoms with Crippen molar-refractivity contribution in [3.05, 3.63) is 124 Å². The van der Waals surface area contributed by atoms with Crippen molar-refractivity contribution >= 4 is 18.0 Å². The monoisotopic (exact) mass is 508 g/mol. The lowest BCUT2D eigenvalue weighted by Gasteiger charge is -2.10. The van der Waals surface area contributed by atoms with Gasteiger partial charge >= 0.3 is 18.3 Å². The van der Waals surface area contributed by atoms with E-state index in [1.54, 1.807) is 42.5 Å². The maximum absolute atomic E-state index is 12.6. The normalized spacial score (nSPS) is 11.1. The molecule has 5 nitrogen and oxygen atoms in total. The Bertz CT molecular complexity index is 1330. The molecule has 0 amide bonds. The number of alkyl halides is 3. The summed E-state index contributed by atoms with van der Waals surface area (Å²) in [6, 6.07) is 18.8. The molecule has 0 aliphatic heterocycles. The Labute approximate surface area is 211 Å². The molecule has 37 heavy (non-hydrogen) atoms. The van der Waals surface area contributed by atoms with E-state index in [-0.39, 0.29) is 22.4 Å². The number of aromatic carboxylic acids is 2. The molecular weight excluding hydrogens is 485 g/mol. The number of para-hydroxylation sites is 1. The van der Waals surface area contributed by atoms with Crippen molar-refractivity contribution in [3.63, 3.8) is 0 Å². The number of carbonyl (C=O) groups is 2. The van der Waals surface area contributed by atoms with E-state index in [0.29, 0.717) is 19.3 Å². The zero-order chi connectivity index (χ0) is 26.8. The standard InChI is InChI=1S/C29H23F3O5/c30-29(31,32)37-26-8-4-3-7-23(26)6-2-1-5-21(19-22-13-17-25(18-14-22)28(35)36)10-9-20-11-15-24(16-12-20)27(33)34/h1-4,6-8,11-18H,9-10,19H2,(H,33,34)(H,35,36)/b6-2+. The van der Waals surface area contributed by atoms with Gasteiger partial charge in [-0.15, -0.1) is 18.9 Å². The largest absolute Gasteiger partial charge is 0.573 e. The first-order chi connectivity index (χ1) is 17.6. The SMILES string of the molecule is O=C(O)c1ccc(CCC(=C=C/C=C/c2ccccc2OC(F)(F)F)Cc2ccc(C(=O)O)cc2)cc1. The third-order valence-electron chi connectivity index (χ3n) is 5.34. The van der Waals surface area contributed by atoms with Gasteiger partial charge in [-0.25, -0.2) is 9.59 Å². The number of hydrogen-bond acceptors (Lipinski definition) is 3. The van der Waals surface area contributed by atoms with Crippen LogP contribution in [0, 0.1) is 0 Å². The number of rotatable bonds is 10. The summed E-state index contributed by atoms with van der Waals surface area (Å²) in [6.07, 6.45) is 1.50. The number of halogens is 3. The van der Waals surface area contributed by atoms with Gasteiger partial charge < -0.3 is 14.9 Å². The van der Waals surface area contributed by atoms with Crippen molar-refractivity contribution in [1.82, 2.24) is 0 Å². The molecule has 0 fully saturated rings. The molecule has 190 valence electrons. The highest BCUT2D eigenvalue weighted by Crippen LogP contribution is 2.27. The highest BCUT2D eigenvalue weighted by molar-refractivity contribution is 5.88. The Hall–Kier alpha value is -4.55. The average molecular weight is 508 g/mol. The fraction of sp³-hybridized carbons (Fsp3) is 0.138. The first-order valence-electron chi connectivity index (χ1n) is 11.2. The molecule has 0 aromatic heterocycles. The predicted molar refractivity (Wildman–Crippen MR) is 133 cm³/mol. The molecule has 0 radical (unpaired) electrons. The summed E-state index contributed by atoms with van der Waals surface area (Å²) in [5, 5.41) is 18.2. The van der Waals surface area contributed by atoms with Gasteiger partial charge in [-0.1, -0.05) is 54.6 Å². The topological polar surface area (TPSA) is 83.8 Å². The van der Waals surface area contributed by atoms with Crippen molar-refractivity contribution in [3.8, 4) is 5.75 Å². The summed E-state index contributed by atoms with van der Waals surface area (Å²) < 4.78 is 42.0. The van der Waals surface area contributed by atoms with Crippen LogP contribution in [0.1, 0.15) is 43.8 Å². The Morgan fingerprint density at radius 3 is 1.97 bits per heavy atom. The minimum atomic E-state index is -4.80. The number of allylic oxidation sites excluding steroid dienone is 2. The molecular formula is C29H23F3O5. The molecule has 3 aromatic rings. The van der Waals surface area contributed by atoms with Crippen LogP contribution in [0.4, 0.5) is 13.2 Å². The van der Waals surface area contributed by atoms with Crippen LogP contribution in [0.5, 0.6) is 5.75 Å². The Balaban J connectivity index is 1.81. The fourth-order valence-corrected chi connectivity index (χ4v) is 3.49. The summed E-state index contributed by atoms with van der Waals surface area (Å²) in [4.78, 5) is 22.2. The highest BCUT2D eigenvalue weighted by atomic mass is 19.4. The molecule has 3 rings (SSSR count). The lowest BCUT2D eigenvalue weighted by atomic mass is 9.98. The minimum Gasteiger partial charge on any atom is -0.478 e. The van der Waals surface area contributed by atoms with Crippen LogP contribution in [-0.2, 0) is 12.8 Å². The van der Waals surface area contributed by atoms with Gasteiger partial charge in [0.25, 0.3) is 0 Å². The van der Waals surface area contributed by atoms with Crippen molar-refractivity contribution in [2.75, 3.05) is 0 Å². The van der Waals surface area contributed by atoms with Gasteiger partial charge in [-0.05, 0) is 65.9 Å². The predicted octanol–water partition coefficient (Wildman–Crippen LogP) is 6.95. The van der Waals surface area contributed by atoms with Crippen LogP contribution in [-0.4, -0.2) is 28.5 Å². The summed E-state index contributed by atoms with van der Waals surface area (Å²) in [7, 11) is 0. The van der Waals surface area contributed by atoms with Crippen molar-refractivity contribution in [2.24, 2.45) is 0 Å². The van der Waals surface area contributed by atoms with Gasteiger partial charge in [0.15, 0.2) is 0 Å². The first kappa shape index (κ1) is 27.0. The Morgan fingerprint density at radius 2 is 1.41 bits per heavy atom. The quantitative estimate of drug-likeness (QED) is 0.229. The van der Waals surface area contributed by atoms with E-state index >= 15 is 0 Å². The molecule has 0 spiro atoms. The zero-order valence-corrected chi connectivity index (χ0v) is 19.5. The molecule has 0 unspecified atom stereocenters. The summed E-state index contributed by atoms with van der Waals surface area (Å²) in [5.74, 6) is -2.34. The van der Waals surface area contributed by atoms with Crippen LogP contribution >= 0.6 is 0 Å². The first-order valence-corrected chi connectivity index (χ1v) is 11.2. The zero-order valence-electron chi connectivity index (χ0n) is 19.5. The molecule has 8 heteroatoms. The van der Waals surface area contributed by atoms with Gasteiger partial charge in [0.2, 0.25) is 0 Å². The number of benzene rings is 3. The summed E-state index contributed by atoms with van der Waals surface area (Å²) in [6.45, 7) is 0. The van der Waals surface area contributed by atoms with Crippen molar-refractivity contribution in [2.45, 2.75) is 25.6 Å². The van der Waals surface area contributed by atoms with Crippen LogP contribution < -0.4 is 4.74 Å². The van der Waals surface area contributed by atoms with E-state index in [0.717, 1.165) is 16.7 Å². The van der Waals surface area contributed by atoms with Gasteiger partial charge in [-0.2, -0.15) is 0 Å². The van der Waals surface area contributed by atoms with E-state index in [2.05, 4.69) is 10.5 Å². The van der Waals surface area contributed by atoms with Crippen LogP contribution in [0.2, 0.25) is 0 Å². The molecule has 2 N–H and O–H groups in total. The third-order valence-corrected chi connectivity index (χ3v) is 5.34. The summed E-state index contributed by atoms with van der Waals surface area (Å²) >= 11 is 0. The molecule has 3 aromatic carbocycles. The number of carboxylic acid groups (broad SMARTS) is 2. The molecule has 0 aliphatic carbocycles. The van der Waals surface area contributed by atoms with E-state index in [1.807, 2.05) is 0 Å². The lowest BCUT2D eigenvalue weighted by molar-refractivity contribution is -0.274. The number of hydrogen-bond donors (Lipinski definition) is 2. The van der Waals surface area contributed by atoms with E-state index in [9.17, 15) is 22.8 Å². The lowest BCUT2D eigenvalue weighted by Crippen LogP contribution is -2.17. The van der Waals surface area contributed by atoms with Crippen LogP contribution in [0.15, 0.2) is 96.3 Å². The van der Waals surface area contributed by atoms with E-state index < -0.39 is 18.3 Å². The van der Waals surface area contributed by atoms with E-state index in [1.165, 1.54) is 48.5 Å². The Kier molecular flexibility index (Phi) is 9.08. The van der Waals surface area contributed by atoms with Gasteiger partial charge in [0.05, 0.1) is 11.1 Å². The smallest absolute Gasteiger partial charge is 0.478 e. The van der Waals surface area contributed by atoms with Gasteiger partial charge in [0, 0.05) is 12.0 Å².